The summed E-state index contributed by atoms with van der Waals surface area (Å²) in [5, 5.41) is 1.38. The van der Waals surface area contributed by atoms with Crippen LogP contribution in [0, 0.1) is 0 Å². The molecule has 0 fully saturated rings. The van der Waals surface area contributed by atoms with Gasteiger partial charge < -0.3 is 4.57 Å². The quantitative estimate of drug-likeness (QED) is 0.596. The van der Waals surface area contributed by atoms with E-state index in [1.807, 2.05) is 11.8 Å². The van der Waals surface area contributed by atoms with Gasteiger partial charge in [-0.1, -0.05) is 6.08 Å². The van der Waals surface area contributed by atoms with Gasteiger partial charge in [-0.2, -0.15) is 0 Å². The van der Waals surface area contributed by atoms with E-state index in [9.17, 15) is 0 Å². The number of aromatic nitrogens is 1. The second-order valence-electron chi connectivity index (χ2n) is 2.27. The number of hydrogen-bond acceptors (Lipinski definition) is 1. The van der Waals surface area contributed by atoms with Gasteiger partial charge in [-0.05, 0) is 18.6 Å². The summed E-state index contributed by atoms with van der Waals surface area (Å²) in [6, 6.07) is 4.11. The van der Waals surface area contributed by atoms with Gasteiger partial charge in [-0.3, -0.25) is 0 Å². The highest BCUT2D eigenvalue weighted by Gasteiger charge is 2.04. The van der Waals surface area contributed by atoms with Crippen LogP contribution in [-0.4, -0.2) is 10.3 Å². The van der Waals surface area contributed by atoms with Crippen molar-refractivity contribution in [3.05, 3.63) is 30.6 Å². The summed E-state index contributed by atoms with van der Waals surface area (Å²) in [6.07, 6.45) is 7.68. The lowest BCUT2D eigenvalue weighted by Crippen LogP contribution is -1.84. The standard InChI is InChI=1S/C8H9NS/c1-2-6-9(5-1)8-4-3-7-10-8/h1-2,4-6H,3,7H2. The van der Waals surface area contributed by atoms with Crippen molar-refractivity contribution in [3.63, 3.8) is 0 Å². The van der Waals surface area contributed by atoms with E-state index in [0.29, 0.717) is 0 Å². The third-order valence-corrected chi connectivity index (χ3v) is 2.66. The molecule has 1 aliphatic heterocycles. The Balaban J connectivity index is 2.28. The Morgan fingerprint density at radius 1 is 1.30 bits per heavy atom. The molecule has 2 rings (SSSR count). The first-order valence-electron chi connectivity index (χ1n) is 3.43. The summed E-state index contributed by atoms with van der Waals surface area (Å²) in [5.74, 6) is 1.24. The average Bonchev–Trinajstić information content (AvgIpc) is 2.59. The van der Waals surface area contributed by atoms with Gasteiger partial charge in [0.05, 0.1) is 5.03 Å². The Morgan fingerprint density at radius 3 is 2.70 bits per heavy atom. The zero-order chi connectivity index (χ0) is 6.81. The van der Waals surface area contributed by atoms with Gasteiger partial charge >= 0.3 is 0 Å². The Morgan fingerprint density at radius 2 is 2.10 bits per heavy atom. The van der Waals surface area contributed by atoms with E-state index < -0.39 is 0 Å². The van der Waals surface area contributed by atoms with Crippen LogP contribution in [0.1, 0.15) is 6.42 Å². The van der Waals surface area contributed by atoms with Crippen molar-refractivity contribution < 1.29 is 0 Å². The molecule has 0 saturated heterocycles. The minimum atomic E-state index is 1.22. The molecule has 2 heterocycles. The number of allylic oxidation sites excluding steroid dienone is 1. The van der Waals surface area contributed by atoms with E-state index >= 15 is 0 Å². The van der Waals surface area contributed by atoms with Crippen LogP contribution in [0.25, 0.3) is 5.03 Å². The summed E-state index contributed by atoms with van der Waals surface area (Å²) in [7, 11) is 0. The Hall–Kier alpha value is -0.630. The molecular formula is C8H9NS. The number of hydrogen-bond donors (Lipinski definition) is 0. The maximum atomic E-state index is 2.28. The van der Waals surface area contributed by atoms with Crippen LogP contribution in [0.15, 0.2) is 30.6 Å². The van der Waals surface area contributed by atoms with Crippen LogP contribution >= 0.6 is 11.8 Å². The van der Waals surface area contributed by atoms with Crippen molar-refractivity contribution in [2.75, 3.05) is 5.75 Å². The predicted molar refractivity (Wildman–Crippen MR) is 45.8 cm³/mol. The molecule has 0 atom stereocenters. The molecule has 10 heavy (non-hydrogen) atoms. The number of thioether (sulfide) groups is 1. The molecule has 52 valence electrons. The van der Waals surface area contributed by atoms with Crippen molar-refractivity contribution >= 4 is 16.8 Å². The zero-order valence-corrected chi connectivity index (χ0v) is 6.47. The molecular weight excluding hydrogens is 142 g/mol. The minimum Gasteiger partial charge on any atom is -0.319 e. The Labute approximate surface area is 64.7 Å². The third-order valence-electron chi connectivity index (χ3n) is 1.55. The van der Waals surface area contributed by atoms with Gasteiger partial charge in [0, 0.05) is 18.1 Å². The Kier molecular flexibility index (Phi) is 1.55. The fraction of sp³-hybridized carbons (Fsp3) is 0.250. The van der Waals surface area contributed by atoms with Crippen LogP contribution in [0.2, 0.25) is 0 Å². The van der Waals surface area contributed by atoms with Crippen LogP contribution in [0.3, 0.4) is 0 Å². The maximum Gasteiger partial charge on any atom is 0.0748 e. The summed E-state index contributed by atoms with van der Waals surface area (Å²) >= 11 is 1.92. The second-order valence-corrected chi connectivity index (χ2v) is 3.39. The highest BCUT2D eigenvalue weighted by Crippen LogP contribution is 2.28. The smallest absolute Gasteiger partial charge is 0.0748 e. The summed E-state index contributed by atoms with van der Waals surface area (Å²) < 4.78 is 2.16. The number of rotatable bonds is 1. The largest absolute Gasteiger partial charge is 0.319 e. The van der Waals surface area contributed by atoms with Crippen LogP contribution < -0.4 is 0 Å². The molecule has 0 bridgehead atoms. The van der Waals surface area contributed by atoms with E-state index in [1.165, 1.54) is 17.2 Å². The van der Waals surface area contributed by atoms with Crippen molar-refractivity contribution in [3.8, 4) is 0 Å². The topological polar surface area (TPSA) is 4.93 Å². The second kappa shape index (κ2) is 2.54. The molecule has 0 N–H and O–H groups in total. The highest BCUT2D eigenvalue weighted by atomic mass is 32.2. The molecule has 1 aromatic rings. The van der Waals surface area contributed by atoms with E-state index in [0.717, 1.165) is 0 Å². The van der Waals surface area contributed by atoms with Gasteiger partial charge in [0.2, 0.25) is 0 Å². The lowest BCUT2D eigenvalue weighted by molar-refractivity contribution is 1.15. The molecule has 1 aliphatic rings. The Bertz CT molecular complexity index is 236. The van der Waals surface area contributed by atoms with E-state index in [-0.39, 0.29) is 0 Å². The molecule has 0 aromatic carbocycles. The summed E-state index contributed by atoms with van der Waals surface area (Å²) in [6.45, 7) is 0. The molecule has 0 radical (unpaired) electrons. The fourth-order valence-electron chi connectivity index (χ4n) is 1.07. The molecule has 1 aromatic heterocycles. The monoisotopic (exact) mass is 151 g/mol. The number of nitrogens with zero attached hydrogens (tertiary/aromatic N) is 1. The normalized spacial score (nSPS) is 17.4. The third kappa shape index (κ3) is 0.991. The fourth-order valence-corrected chi connectivity index (χ4v) is 2.02. The minimum absolute atomic E-state index is 1.22. The first-order valence-corrected chi connectivity index (χ1v) is 4.42. The molecule has 0 amide bonds. The summed E-state index contributed by atoms with van der Waals surface area (Å²) in [4.78, 5) is 0. The SMILES string of the molecule is C1=C(n2cccc2)SCC1. The molecule has 0 spiro atoms. The van der Waals surface area contributed by atoms with Crippen LogP contribution in [0.5, 0.6) is 0 Å². The van der Waals surface area contributed by atoms with E-state index in [2.05, 4.69) is 35.2 Å². The van der Waals surface area contributed by atoms with Gasteiger partial charge in [-0.15, -0.1) is 11.8 Å². The van der Waals surface area contributed by atoms with Crippen molar-refractivity contribution in [2.45, 2.75) is 6.42 Å². The van der Waals surface area contributed by atoms with Gasteiger partial charge in [0.25, 0.3) is 0 Å². The summed E-state index contributed by atoms with van der Waals surface area (Å²) in [5.41, 5.74) is 0. The first-order chi connectivity index (χ1) is 4.97. The van der Waals surface area contributed by atoms with Gasteiger partial charge in [0.15, 0.2) is 0 Å². The molecule has 0 saturated carbocycles. The van der Waals surface area contributed by atoms with Crippen LogP contribution in [-0.2, 0) is 0 Å². The molecule has 1 nitrogen and oxygen atoms in total. The molecule has 0 aliphatic carbocycles. The van der Waals surface area contributed by atoms with Gasteiger partial charge in [-0.25, -0.2) is 0 Å². The van der Waals surface area contributed by atoms with Crippen molar-refractivity contribution in [1.82, 2.24) is 4.57 Å². The average molecular weight is 151 g/mol. The van der Waals surface area contributed by atoms with E-state index in [1.54, 1.807) is 0 Å². The zero-order valence-electron chi connectivity index (χ0n) is 5.66. The maximum absolute atomic E-state index is 2.28. The highest BCUT2D eigenvalue weighted by molar-refractivity contribution is 8.08. The van der Waals surface area contributed by atoms with Crippen molar-refractivity contribution in [1.29, 1.82) is 0 Å². The first kappa shape index (κ1) is 6.10. The lowest BCUT2D eigenvalue weighted by atomic mass is 10.5. The van der Waals surface area contributed by atoms with Crippen molar-refractivity contribution in [2.24, 2.45) is 0 Å². The lowest BCUT2D eigenvalue weighted by Gasteiger charge is -1.99. The van der Waals surface area contributed by atoms with Crippen LogP contribution in [0.4, 0.5) is 0 Å². The predicted octanol–water partition coefficient (Wildman–Crippen LogP) is 2.42. The molecule has 0 unspecified atom stereocenters. The van der Waals surface area contributed by atoms with E-state index in [4.69, 9.17) is 0 Å². The van der Waals surface area contributed by atoms with Gasteiger partial charge in [0.1, 0.15) is 0 Å². The molecule has 2 heteroatoms.